The van der Waals surface area contributed by atoms with Crippen LogP contribution in [0.3, 0.4) is 0 Å². The van der Waals surface area contributed by atoms with Crippen molar-refractivity contribution < 1.29 is 13.3 Å². The van der Waals surface area contributed by atoms with E-state index in [2.05, 4.69) is 10.0 Å². The zero-order valence-electron chi connectivity index (χ0n) is 12.5. The molecule has 2 N–H and O–H groups in total. The Morgan fingerprint density at radius 1 is 1.45 bits per heavy atom. The van der Waals surface area contributed by atoms with Gasteiger partial charge in [-0.1, -0.05) is 6.07 Å². The average Bonchev–Trinajstić information content (AvgIpc) is 2.48. The summed E-state index contributed by atoms with van der Waals surface area (Å²) in [7, 11) is -3.72. The third-order valence-electron chi connectivity index (χ3n) is 3.99. The molecule has 0 saturated carbocycles. The predicted octanol–water partition coefficient (Wildman–Crippen LogP) is 1.57. The van der Waals surface area contributed by atoms with Crippen molar-refractivity contribution in [1.29, 1.82) is 0 Å². The number of sulfonamides is 1. The maximum atomic E-state index is 12.3. The lowest BCUT2D eigenvalue weighted by Gasteiger charge is -2.22. The quantitative estimate of drug-likeness (QED) is 0.610. The smallest absolute Gasteiger partial charge is 0.273 e. The minimum atomic E-state index is -3.72. The molecule has 1 saturated heterocycles. The van der Waals surface area contributed by atoms with Gasteiger partial charge in [0.1, 0.15) is 0 Å². The van der Waals surface area contributed by atoms with Gasteiger partial charge in [-0.15, -0.1) is 0 Å². The first-order chi connectivity index (χ1) is 10.4. The second-order valence-electron chi connectivity index (χ2n) is 5.56. The van der Waals surface area contributed by atoms with Crippen molar-refractivity contribution in [3.05, 3.63) is 33.9 Å². The molecule has 0 aliphatic carbocycles. The van der Waals surface area contributed by atoms with Gasteiger partial charge in [0.2, 0.25) is 10.0 Å². The minimum Gasteiger partial charge on any atom is -0.316 e. The van der Waals surface area contributed by atoms with Gasteiger partial charge >= 0.3 is 0 Å². The summed E-state index contributed by atoms with van der Waals surface area (Å²) in [5.41, 5.74) is -0.0151. The molecule has 2 rings (SSSR count). The Labute approximate surface area is 130 Å². The fourth-order valence-corrected chi connectivity index (χ4v) is 4.04. The highest BCUT2D eigenvalue weighted by Crippen LogP contribution is 2.24. The molecule has 0 aromatic heterocycles. The highest BCUT2D eigenvalue weighted by Gasteiger charge is 2.23. The molecule has 0 radical (unpaired) electrons. The summed E-state index contributed by atoms with van der Waals surface area (Å²) in [6.45, 7) is 3.74. The van der Waals surface area contributed by atoms with Gasteiger partial charge < -0.3 is 5.32 Å². The van der Waals surface area contributed by atoms with Gasteiger partial charge in [0.25, 0.3) is 5.69 Å². The molecule has 1 aliphatic rings. The first-order valence-corrected chi connectivity index (χ1v) is 8.84. The Bertz CT molecular complexity index is 639. The summed E-state index contributed by atoms with van der Waals surface area (Å²) in [6, 6.07) is 4.10. The summed E-state index contributed by atoms with van der Waals surface area (Å²) < 4.78 is 27.2. The monoisotopic (exact) mass is 327 g/mol. The molecule has 8 heteroatoms. The van der Waals surface area contributed by atoms with E-state index in [1.54, 1.807) is 0 Å². The summed E-state index contributed by atoms with van der Waals surface area (Å²) in [6.07, 6.45) is 2.98. The van der Waals surface area contributed by atoms with Crippen LogP contribution < -0.4 is 10.0 Å². The lowest BCUT2D eigenvalue weighted by Crippen LogP contribution is -2.33. The third-order valence-corrected chi connectivity index (χ3v) is 5.59. The number of nitrogens with zero attached hydrogens (tertiary/aromatic N) is 1. The first kappa shape index (κ1) is 16.9. The number of hydrogen-bond acceptors (Lipinski definition) is 5. The van der Waals surface area contributed by atoms with Crippen molar-refractivity contribution in [2.45, 2.75) is 31.1 Å². The minimum absolute atomic E-state index is 0.0246. The maximum Gasteiger partial charge on any atom is 0.273 e. The summed E-state index contributed by atoms with van der Waals surface area (Å²) in [5, 5.41) is 14.2. The Morgan fingerprint density at radius 3 is 2.86 bits per heavy atom. The van der Waals surface area contributed by atoms with Crippen molar-refractivity contribution in [2.75, 3.05) is 19.6 Å². The molecule has 1 fully saturated rings. The molecule has 122 valence electrons. The molecular formula is C14H21N3O4S. The Hall–Kier alpha value is -1.51. The van der Waals surface area contributed by atoms with Crippen molar-refractivity contribution in [2.24, 2.45) is 5.92 Å². The van der Waals surface area contributed by atoms with Gasteiger partial charge in [-0.3, -0.25) is 10.1 Å². The molecule has 1 aromatic rings. The maximum absolute atomic E-state index is 12.3. The fraction of sp³-hybridized carbons (Fsp3) is 0.571. The third kappa shape index (κ3) is 4.02. The van der Waals surface area contributed by atoms with Crippen LogP contribution in [-0.2, 0) is 10.0 Å². The lowest BCUT2D eigenvalue weighted by molar-refractivity contribution is -0.385. The molecule has 1 atom stereocenters. The van der Waals surface area contributed by atoms with E-state index < -0.39 is 14.9 Å². The predicted molar refractivity (Wildman–Crippen MR) is 83.2 cm³/mol. The normalized spacial score (nSPS) is 19.0. The molecule has 0 bridgehead atoms. The molecule has 1 heterocycles. The van der Waals surface area contributed by atoms with Gasteiger partial charge in [-0.25, -0.2) is 13.1 Å². The van der Waals surface area contributed by atoms with Crippen LogP contribution in [0, 0.1) is 23.0 Å². The van der Waals surface area contributed by atoms with E-state index in [0.29, 0.717) is 12.5 Å². The number of nitro benzene ring substituents is 1. The Kier molecular flexibility index (Phi) is 5.49. The van der Waals surface area contributed by atoms with E-state index in [1.807, 2.05) is 0 Å². The number of nitrogens with one attached hydrogen (secondary N) is 2. The summed E-state index contributed by atoms with van der Waals surface area (Å²) >= 11 is 0. The summed E-state index contributed by atoms with van der Waals surface area (Å²) in [5.74, 6) is 0.475. The molecule has 1 unspecified atom stereocenters. The van der Waals surface area contributed by atoms with E-state index in [1.165, 1.54) is 25.1 Å². The van der Waals surface area contributed by atoms with Crippen molar-refractivity contribution >= 4 is 15.7 Å². The van der Waals surface area contributed by atoms with Crippen LogP contribution in [-0.4, -0.2) is 33.0 Å². The largest absolute Gasteiger partial charge is 0.316 e. The highest BCUT2D eigenvalue weighted by molar-refractivity contribution is 7.89. The van der Waals surface area contributed by atoms with Gasteiger partial charge in [-0.05, 0) is 51.3 Å². The Morgan fingerprint density at radius 2 is 2.23 bits per heavy atom. The van der Waals surface area contributed by atoms with Crippen molar-refractivity contribution in [3.8, 4) is 0 Å². The number of nitro groups is 1. The molecule has 22 heavy (non-hydrogen) atoms. The first-order valence-electron chi connectivity index (χ1n) is 7.36. The second-order valence-corrected chi connectivity index (χ2v) is 7.29. The summed E-state index contributed by atoms with van der Waals surface area (Å²) in [4.78, 5) is 10.3. The Balaban J connectivity index is 2.04. The standard InChI is InChI=1S/C14H21N3O4S/c1-11-13(17(18)19)5-2-6-14(11)22(20,21)16-9-7-12-4-3-8-15-10-12/h2,5-6,12,15-16H,3-4,7-10H2,1H3. The van der Waals surface area contributed by atoms with Crippen molar-refractivity contribution in [3.63, 3.8) is 0 Å². The average molecular weight is 327 g/mol. The van der Waals surface area contributed by atoms with Gasteiger partial charge in [0, 0.05) is 18.2 Å². The molecule has 0 spiro atoms. The topological polar surface area (TPSA) is 101 Å². The number of rotatable bonds is 6. The zero-order chi connectivity index (χ0) is 16.2. The van der Waals surface area contributed by atoms with Crippen LogP contribution in [0.1, 0.15) is 24.8 Å². The zero-order valence-corrected chi connectivity index (χ0v) is 13.4. The molecule has 7 nitrogen and oxygen atoms in total. The SMILES string of the molecule is Cc1c([N+](=O)[O-])cccc1S(=O)(=O)NCCC1CCCNC1. The van der Waals surface area contributed by atoms with E-state index in [-0.39, 0.29) is 16.1 Å². The van der Waals surface area contributed by atoms with Crippen LogP contribution >= 0.6 is 0 Å². The number of hydrogen-bond donors (Lipinski definition) is 2. The molecule has 1 aromatic carbocycles. The van der Waals surface area contributed by atoms with Crippen LogP contribution in [0.2, 0.25) is 0 Å². The van der Waals surface area contributed by atoms with Crippen LogP contribution in [0.5, 0.6) is 0 Å². The van der Waals surface area contributed by atoms with Gasteiger partial charge in [-0.2, -0.15) is 0 Å². The van der Waals surface area contributed by atoms with Crippen LogP contribution in [0.15, 0.2) is 23.1 Å². The molecule has 0 amide bonds. The lowest BCUT2D eigenvalue weighted by atomic mass is 9.96. The number of piperidine rings is 1. The van der Waals surface area contributed by atoms with Crippen LogP contribution in [0.25, 0.3) is 0 Å². The molecular weight excluding hydrogens is 306 g/mol. The highest BCUT2D eigenvalue weighted by atomic mass is 32.2. The number of benzene rings is 1. The van der Waals surface area contributed by atoms with Crippen LogP contribution in [0.4, 0.5) is 5.69 Å². The van der Waals surface area contributed by atoms with Gasteiger partial charge in [0.15, 0.2) is 0 Å². The molecule has 1 aliphatic heterocycles. The van der Waals surface area contributed by atoms with E-state index in [0.717, 1.165) is 32.4 Å². The van der Waals surface area contributed by atoms with E-state index in [4.69, 9.17) is 0 Å². The van der Waals surface area contributed by atoms with E-state index in [9.17, 15) is 18.5 Å². The van der Waals surface area contributed by atoms with Gasteiger partial charge in [0.05, 0.1) is 9.82 Å². The van der Waals surface area contributed by atoms with E-state index >= 15 is 0 Å². The fourth-order valence-electron chi connectivity index (χ4n) is 2.74. The van der Waals surface area contributed by atoms with Crippen molar-refractivity contribution in [1.82, 2.24) is 10.0 Å². The second kappa shape index (κ2) is 7.17.